The highest BCUT2D eigenvalue weighted by Crippen LogP contribution is 2.36. The normalized spacial score (nSPS) is 15.1. The van der Waals surface area contributed by atoms with Gasteiger partial charge < -0.3 is 15.4 Å². The fourth-order valence-corrected chi connectivity index (χ4v) is 3.11. The topological polar surface area (TPSA) is 48.0 Å². The lowest BCUT2D eigenvalue weighted by Gasteiger charge is -2.16. The van der Waals surface area contributed by atoms with Gasteiger partial charge in [-0.1, -0.05) is 30.3 Å². The van der Waals surface area contributed by atoms with Gasteiger partial charge in [-0.05, 0) is 29.7 Å². The van der Waals surface area contributed by atoms with E-state index in [9.17, 15) is 5.11 Å². The molecule has 100 valence electrons. The molecule has 1 atom stereocenters. The highest BCUT2D eigenvalue weighted by atomic mass is 16.3. The van der Waals surface area contributed by atoms with Crippen molar-refractivity contribution in [3.63, 3.8) is 0 Å². The standard InChI is InChI=1S/C17H16N2O/c20-17(13-4-2-6-15-12(13)8-10-18-15)14-5-1-3-11-7-9-19-16(11)14/h1-6,8,10,17-20H,7,9H2. The Hall–Kier alpha value is -2.26. The molecular weight excluding hydrogens is 248 g/mol. The summed E-state index contributed by atoms with van der Waals surface area (Å²) in [5, 5.41) is 15.3. The molecule has 0 amide bonds. The lowest BCUT2D eigenvalue weighted by molar-refractivity contribution is 0.222. The number of hydrogen-bond acceptors (Lipinski definition) is 2. The lowest BCUT2D eigenvalue weighted by Crippen LogP contribution is -2.04. The number of aliphatic hydroxyl groups excluding tert-OH is 1. The highest BCUT2D eigenvalue weighted by Gasteiger charge is 2.21. The second-order valence-electron chi connectivity index (χ2n) is 5.25. The molecule has 0 saturated heterocycles. The number of anilines is 1. The smallest absolute Gasteiger partial charge is 0.107 e. The van der Waals surface area contributed by atoms with Gasteiger partial charge in [-0.15, -0.1) is 0 Å². The number of nitrogens with one attached hydrogen (secondary N) is 2. The first-order chi connectivity index (χ1) is 9.84. The van der Waals surface area contributed by atoms with Crippen molar-refractivity contribution in [3.8, 4) is 0 Å². The molecule has 0 fully saturated rings. The molecule has 2 heterocycles. The molecule has 4 rings (SSSR count). The van der Waals surface area contributed by atoms with Crippen LogP contribution in [-0.2, 0) is 6.42 Å². The van der Waals surface area contributed by atoms with Gasteiger partial charge >= 0.3 is 0 Å². The summed E-state index contributed by atoms with van der Waals surface area (Å²) in [6, 6.07) is 14.2. The first-order valence-electron chi connectivity index (χ1n) is 6.94. The summed E-state index contributed by atoms with van der Waals surface area (Å²) in [5.74, 6) is 0. The van der Waals surface area contributed by atoms with E-state index in [0.29, 0.717) is 0 Å². The Morgan fingerprint density at radius 3 is 2.80 bits per heavy atom. The van der Waals surface area contributed by atoms with E-state index < -0.39 is 6.10 Å². The monoisotopic (exact) mass is 264 g/mol. The van der Waals surface area contributed by atoms with Gasteiger partial charge in [-0.25, -0.2) is 0 Å². The van der Waals surface area contributed by atoms with E-state index in [1.807, 2.05) is 42.6 Å². The van der Waals surface area contributed by atoms with Crippen molar-refractivity contribution >= 4 is 16.6 Å². The summed E-state index contributed by atoms with van der Waals surface area (Å²) in [6.07, 6.45) is 2.34. The summed E-state index contributed by atoms with van der Waals surface area (Å²) in [4.78, 5) is 3.19. The van der Waals surface area contributed by atoms with Crippen LogP contribution in [0.4, 0.5) is 5.69 Å². The molecule has 1 aromatic heterocycles. The van der Waals surface area contributed by atoms with E-state index in [1.165, 1.54) is 5.56 Å². The molecule has 3 aromatic rings. The molecule has 3 heteroatoms. The highest BCUT2D eigenvalue weighted by molar-refractivity contribution is 5.84. The minimum absolute atomic E-state index is 0.602. The van der Waals surface area contributed by atoms with E-state index >= 15 is 0 Å². The number of H-pyrrole nitrogens is 1. The van der Waals surface area contributed by atoms with Gasteiger partial charge in [-0.3, -0.25) is 0 Å². The molecule has 0 aliphatic carbocycles. The fourth-order valence-electron chi connectivity index (χ4n) is 3.11. The van der Waals surface area contributed by atoms with Crippen LogP contribution in [0.1, 0.15) is 22.8 Å². The molecule has 2 aromatic carbocycles. The van der Waals surface area contributed by atoms with E-state index in [4.69, 9.17) is 0 Å². The second-order valence-corrected chi connectivity index (χ2v) is 5.25. The quantitative estimate of drug-likeness (QED) is 0.665. The first-order valence-corrected chi connectivity index (χ1v) is 6.94. The van der Waals surface area contributed by atoms with Crippen LogP contribution < -0.4 is 5.32 Å². The molecule has 0 radical (unpaired) electrons. The third-order valence-electron chi connectivity index (χ3n) is 4.10. The molecule has 0 bridgehead atoms. The van der Waals surface area contributed by atoms with Gasteiger partial charge in [0.25, 0.3) is 0 Å². The second kappa shape index (κ2) is 4.39. The Labute approximate surface area is 117 Å². The Morgan fingerprint density at radius 2 is 1.85 bits per heavy atom. The Kier molecular flexibility index (Phi) is 2.54. The molecule has 0 saturated carbocycles. The van der Waals surface area contributed by atoms with Gasteiger partial charge in [-0.2, -0.15) is 0 Å². The minimum Gasteiger partial charge on any atom is -0.384 e. The summed E-state index contributed by atoms with van der Waals surface area (Å²) in [5.41, 5.74) is 5.37. The van der Waals surface area contributed by atoms with Crippen molar-refractivity contribution in [1.82, 2.24) is 4.98 Å². The molecule has 3 N–H and O–H groups in total. The van der Waals surface area contributed by atoms with Gasteiger partial charge in [0.2, 0.25) is 0 Å². The van der Waals surface area contributed by atoms with Crippen LogP contribution in [0.25, 0.3) is 10.9 Å². The van der Waals surface area contributed by atoms with E-state index in [1.54, 1.807) is 0 Å². The number of para-hydroxylation sites is 1. The van der Waals surface area contributed by atoms with Crippen molar-refractivity contribution in [2.75, 3.05) is 11.9 Å². The number of aliphatic hydroxyl groups is 1. The van der Waals surface area contributed by atoms with E-state index in [2.05, 4.69) is 16.4 Å². The van der Waals surface area contributed by atoms with E-state index in [0.717, 1.165) is 40.7 Å². The summed E-state index contributed by atoms with van der Waals surface area (Å²) in [7, 11) is 0. The fraction of sp³-hybridized carbons (Fsp3) is 0.176. The lowest BCUT2D eigenvalue weighted by atomic mass is 9.95. The van der Waals surface area contributed by atoms with Crippen molar-refractivity contribution in [2.45, 2.75) is 12.5 Å². The molecule has 1 aliphatic heterocycles. The number of aromatic amines is 1. The largest absolute Gasteiger partial charge is 0.384 e. The molecular formula is C17H16N2O. The SMILES string of the molecule is OC(c1cccc2c1NCC2)c1cccc2[nH]ccc12. The predicted octanol–water partition coefficient (Wildman–Crippen LogP) is 3.22. The minimum atomic E-state index is -0.602. The zero-order chi connectivity index (χ0) is 13.5. The summed E-state index contributed by atoms with van der Waals surface area (Å²) in [6.45, 7) is 0.952. The van der Waals surface area contributed by atoms with Crippen molar-refractivity contribution < 1.29 is 5.11 Å². The average Bonchev–Trinajstić information content (AvgIpc) is 3.13. The maximum Gasteiger partial charge on any atom is 0.107 e. The number of fused-ring (bicyclic) bond motifs is 2. The maximum absolute atomic E-state index is 10.8. The average molecular weight is 264 g/mol. The van der Waals surface area contributed by atoms with Gasteiger partial charge in [0.15, 0.2) is 0 Å². The predicted molar refractivity (Wildman–Crippen MR) is 81.0 cm³/mol. The van der Waals surface area contributed by atoms with Crippen molar-refractivity contribution in [1.29, 1.82) is 0 Å². The van der Waals surface area contributed by atoms with Gasteiger partial charge in [0.05, 0.1) is 0 Å². The van der Waals surface area contributed by atoms with Gasteiger partial charge in [0, 0.05) is 34.9 Å². The maximum atomic E-state index is 10.8. The first kappa shape index (κ1) is 11.6. The number of aromatic nitrogens is 1. The Balaban J connectivity index is 1.87. The summed E-state index contributed by atoms with van der Waals surface area (Å²) < 4.78 is 0. The van der Waals surface area contributed by atoms with Crippen LogP contribution in [0.5, 0.6) is 0 Å². The third-order valence-corrected chi connectivity index (χ3v) is 4.10. The molecule has 1 unspecified atom stereocenters. The van der Waals surface area contributed by atoms with Crippen LogP contribution in [-0.4, -0.2) is 16.6 Å². The van der Waals surface area contributed by atoms with Crippen molar-refractivity contribution in [2.24, 2.45) is 0 Å². The van der Waals surface area contributed by atoms with Crippen LogP contribution >= 0.6 is 0 Å². The molecule has 0 spiro atoms. The number of hydrogen-bond donors (Lipinski definition) is 3. The Morgan fingerprint density at radius 1 is 1.00 bits per heavy atom. The molecule has 1 aliphatic rings. The van der Waals surface area contributed by atoms with Crippen LogP contribution in [0.15, 0.2) is 48.7 Å². The summed E-state index contributed by atoms with van der Waals surface area (Å²) >= 11 is 0. The Bertz CT molecular complexity index is 776. The van der Waals surface area contributed by atoms with Crippen LogP contribution in [0.2, 0.25) is 0 Å². The van der Waals surface area contributed by atoms with Crippen LogP contribution in [0.3, 0.4) is 0 Å². The number of benzene rings is 2. The van der Waals surface area contributed by atoms with Crippen LogP contribution in [0, 0.1) is 0 Å². The molecule has 3 nitrogen and oxygen atoms in total. The third kappa shape index (κ3) is 1.63. The van der Waals surface area contributed by atoms with Crippen molar-refractivity contribution in [3.05, 3.63) is 65.4 Å². The van der Waals surface area contributed by atoms with E-state index in [-0.39, 0.29) is 0 Å². The zero-order valence-electron chi connectivity index (χ0n) is 11.1. The number of rotatable bonds is 2. The zero-order valence-corrected chi connectivity index (χ0v) is 11.1. The van der Waals surface area contributed by atoms with Gasteiger partial charge in [0.1, 0.15) is 6.10 Å². The molecule has 20 heavy (non-hydrogen) atoms.